The van der Waals surface area contributed by atoms with Crippen molar-refractivity contribution in [3.05, 3.63) is 0 Å². The van der Waals surface area contributed by atoms with Crippen LogP contribution in [0.3, 0.4) is 0 Å². The first kappa shape index (κ1) is 19.1. The summed E-state index contributed by atoms with van der Waals surface area (Å²) in [4.78, 5) is 0. The van der Waals surface area contributed by atoms with Crippen LogP contribution in [0.2, 0.25) is 6.04 Å². The molecule has 5 nitrogen and oxygen atoms in total. The van der Waals surface area contributed by atoms with E-state index in [2.05, 4.69) is 6.92 Å². The zero-order valence-corrected chi connectivity index (χ0v) is 15.1. The Morgan fingerprint density at radius 1 is 1.00 bits per heavy atom. The molecule has 0 spiro atoms. The second-order valence-electron chi connectivity index (χ2n) is 5.27. The summed E-state index contributed by atoms with van der Waals surface area (Å²) < 4.78 is 28.9. The molecule has 0 aromatic carbocycles. The lowest BCUT2D eigenvalue weighted by atomic mass is 9.93. The summed E-state index contributed by atoms with van der Waals surface area (Å²) >= 11 is 0. The molecule has 1 heterocycles. The first-order valence-corrected chi connectivity index (χ1v) is 10.2. The summed E-state index contributed by atoms with van der Waals surface area (Å²) in [5, 5.41) is 0. The Labute approximate surface area is 130 Å². The summed E-state index contributed by atoms with van der Waals surface area (Å²) in [5.74, 6) is 0. The minimum Gasteiger partial charge on any atom is -0.378 e. The van der Waals surface area contributed by atoms with Crippen LogP contribution in [-0.4, -0.2) is 54.0 Å². The lowest BCUT2D eigenvalue weighted by Gasteiger charge is -2.41. The molecule has 0 amide bonds. The van der Waals surface area contributed by atoms with E-state index in [1.165, 1.54) is 0 Å². The van der Waals surface area contributed by atoms with Crippen LogP contribution in [0, 0.1) is 0 Å². The van der Waals surface area contributed by atoms with Crippen LogP contribution in [0.5, 0.6) is 0 Å². The fourth-order valence-corrected chi connectivity index (χ4v) is 5.12. The van der Waals surface area contributed by atoms with Gasteiger partial charge < -0.3 is 22.8 Å². The molecule has 1 aliphatic heterocycles. The van der Waals surface area contributed by atoms with Crippen molar-refractivity contribution in [2.24, 2.45) is 0 Å². The summed E-state index contributed by atoms with van der Waals surface area (Å²) in [6.45, 7) is 12.2. The van der Waals surface area contributed by atoms with Crippen molar-refractivity contribution in [2.75, 3.05) is 39.6 Å². The second kappa shape index (κ2) is 9.92. The van der Waals surface area contributed by atoms with Gasteiger partial charge in [0.2, 0.25) is 0 Å². The normalized spacial score (nSPS) is 22.3. The molecule has 1 unspecified atom stereocenters. The summed E-state index contributed by atoms with van der Waals surface area (Å²) in [6.07, 6.45) is 3.02. The van der Waals surface area contributed by atoms with E-state index in [1.807, 2.05) is 20.8 Å². The van der Waals surface area contributed by atoms with Crippen LogP contribution in [0.1, 0.15) is 47.0 Å². The third kappa shape index (κ3) is 5.96. The Morgan fingerprint density at radius 3 is 1.95 bits per heavy atom. The summed E-state index contributed by atoms with van der Waals surface area (Å²) in [7, 11) is -2.51. The van der Waals surface area contributed by atoms with Gasteiger partial charge in [-0.2, -0.15) is 0 Å². The lowest BCUT2D eigenvalue weighted by molar-refractivity contribution is -0.182. The standard InChI is InChI=1S/C15H32O5Si/c1-5-15(10-12-17-15)14-16-11-9-13-21(18-6-2,19-7-3)20-8-4/h5-14H2,1-4H3. The molecule has 1 aliphatic rings. The topological polar surface area (TPSA) is 46.2 Å². The van der Waals surface area contributed by atoms with E-state index in [1.54, 1.807) is 0 Å². The molecule has 0 saturated carbocycles. The van der Waals surface area contributed by atoms with Gasteiger partial charge in [0.05, 0.1) is 18.8 Å². The number of rotatable bonds is 13. The first-order valence-electron chi connectivity index (χ1n) is 8.29. The van der Waals surface area contributed by atoms with Crippen molar-refractivity contribution in [2.45, 2.75) is 58.6 Å². The van der Waals surface area contributed by atoms with Gasteiger partial charge in [-0.1, -0.05) is 6.92 Å². The van der Waals surface area contributed by atoms with Crippen LogP contribution >= 0.6 is 0 Å². The SMILES string of the molecule is CCO[Si](CCCOCC1(CC)CCO1)(OCC)OCC. The van der Waals surface area contributed by atoms with Crippen LogP contribution in [-0.2, 0) is 22.8 Å². The van der Waals surface area contributed by atoms with Crippen molar-refractivity contribution in [1.29, 1.82) is 0 Å². The third-order valence-electron chi connectivity index (χ3n) is 3.84. The Morgan fingerprint density at radius 2 is 1.57 bits per heavy atom. The Kier molecular flexibility index (Phi) is 9.00. The number of ether oxygens (including phenoxy) is 2. The van der Waals surface area contributed by atoms with Crippen molar-refractivity contribution in [1.82, 2.24) is 0 Å². The van der Waals surface area contributed by atoms with Crippen molar-refractivity contribution < 1.29 is 22.8 Å². The molecule has 0 aromatic heterocycles. The minimum absolute atomic E-state index is 0.0196. The van der Waals surface area contributed by atoms with E-state index < -0.39 is 8.80 Å². The van der Waals surface area contributed by atoms with Gasteiger partial charge in [-0.25, -0.2) is 0 Å². The molecule has 0 aliphatic carbocycles. The lowest BCUT2D eigenvalue weighted by Crippen LogP contribution is -2.47. The van der Waals surface area contributed by atoms with Gasteiger partial charge in [-0.05, 0) is 33.6 Å². The molecule has 21 heavy (non-hydrogen) atoms. The molecule has 0 bridgehead atoms. The van der Waals surface area contributed by atoms with E-state index in [-0.39, 0.29) is 5.60 Å². The fourth-order valence-electron chi connectivity index (χ4n) is 2.54. The highest BCUT2D eigenvalue weighted by Gasteiger charge is 2.40. The monoisotopic (exact) mass is 320 g/mol. The maximum absolute atomic E-state index is 5.83. The molecule has 0 aromatic rings. The molecular formula is C15H32O5Si. The maximum atomic E-state index is 5.83. The number of hydrogen-bond donors (Lipinski definition) is 0. The van der Waals surface area contributed by atoms with Gasteiger partial charge >= 0.3 is 8.80 Å². The van der Waals surface area contributed by atoms with Gasteiger partial charge in [0.1, 0.15) is 0 Å². The van der Waals surface area contributed by atoms with Crippen LogP contribution in [0.4, 0.5) is 0 Å². The zero-order chi connectivity index (χ0) is 15.6. The Hall–Kier alpha value is 0.0169. The Bertz CT molecular complexity index is 248. The van der Waals surface area contributed by atoms with Crippen LogP contribution in [0.15, 0.2) is 0 Å². The quantitative estimate of drug-likeness (QED) is 0.385. The third-order valence-corrected chi connectivity index (χ3v) is 6.99. The van der Waals surface area contributed by atoms with E-state index in [0.29, 0.717) is 33.0 Å². The second-order valence-corrected chi connectivity index (χ2v) is 8.01. The van der Waals surface area contributed by atoms with Crippen molar-refractivity contribution in [3.63, 3.8) is 0 Å². The van der Waals surface area contributed by atoms with Crippen LogP contribution < -0.4 is 0 Å². The van der Waals surface area contributed by atoms with E-state index in [4.69, 9.17) is 22.8 Å². The smallest absolute Gasteiger partial charge is 0.378 e. The Balaban J connectivity index is 2.28. The van der Waals surface area contributed by atoms with Gasteiger partial charge in [0.25, 0.3) is 0 Å². The van der Waals surface area contributed by atoms with Crippen molar-refractivity contribution >= 4 is 8.80 Å². The summed E-state index contributed by atoms with van der Waals surface area (Å²) in [6, 6.07) is 0.808. The molecule has 1 rings (SSSR count). The molecule has 1 fully saturated rings. The highest BCUT2D eigenvalue weighted by atomic mass is 28.4. The average Bonchev–Trinajstić information content (AvgIpc) is 2.42. The molecule has 1 saturated heterocycles. The maximum Gasteiger partial charge on any atom is 0.501 e. The molecule has 0 N–H and O–H groups in total. The van der Waals surface area contributed by atoms with E-state index in [9.17, 15) is 0 Å². The molecular weight excluding hydrogens is 288 g/mol. The van der Waals surface area contributed by atoms with Gasteiger partial charge in [-0.15, -0.1) is 0 Å². The molecule has 6 heteroatoms. The molecule has 0 radical (unpaired) electrons. The van der Waals surface area contributed by atoms with Gasteiger partial charge in [-0.3, -0.25) is 0 Å². The largest absolute Gasteiger partial charge is 0.501 e. The van der Waals surface area contributed by atoms with E-state index in [0.717, 1.165) is 31.9 Å². The highest BCUT2D eigenvalue weighted by molar-refractivity contribution is 6.60. The minimum atomic E-state index is -2.51. The average molecular weight is 321 g/mol. The molecule has 126 valence electrons. The predicted molar refractivity (Wildman–Crippen MR) is 84.5 cm³/mol. The number of hydrogen-bond acceptors (Lipinski definition) is 5. The van der Waals surface area contributed by atoms with Crippen molar-refractivity contribution in [3.8, 4) is 0 Å². The molecule has 1 atom stereocenters. The summed E-state index contributed by atoms with van der Waals surface area (Å²) in [5.41, 5.74) is -0.0196. The fraction of sp³-hybridized carbons (Fsp3) is 1.00. The van der Waals surface area contributed by atoms with Gasteiger partial charge in [0.15, 0.2) is 0 Å². The van der Waals surface area contributed by atoms with Gasteiger partial charge in [0, 0.05) is 38.9 Å². The first-order chi connectivity index (χ1) is 10.2. The van der Waals surface area contributed by atoms with Crippen LogP contribution in [0.25, 0.3) is 0 Å². The van der Waals surface area contributed by atoms with E-state index >= 15 is 0 Å². The zero-order valence-electron chi connectivity index (χ0n) is 14.1. The predicted octanol–water partition coefficient (Wildman–Crippen LogP) is 3.01. The highest BCUT2D eigenvalue weighted by Crippen LogP contribution is 2.30.